The minimum atomic E-state index is 0.0763. The van der Waals surface area contributed by atoms with Crippen molar-refractivity contribution < 1.29 is 4.79 Å². The van der Waals surface area contributed by atoms with Gasteiger partial charge in [-0.1, -0.05) is 12.1 Å². The van der Waals surface area contributed by atoms with Gasteiger partial charge in [0.25, 0.3) is 0 Å². The third-order valence-electron chi connectivity index (χ3n) is 7.41. The molecule has 2 fully saturated rings. The molecule has 0 spiro atoms. The molecule has 186 valence electrons. The summed E-state index contributed by atoms with van der Waals surface area (Å²) in [6, 6.07) is 14.4. The summed E-state index contributed by atoms with van der Waals surface area (Å²) in [6.07, 6.45) is 5.45. The highest BCUT2D eigenvalue weighted by molar-refractivity contribution is 5.98. The third kappa shape index (κ3) is 4.11. The summed E-state index contributed by atoms with van der Waals surface area (Å²) >= 11 is 0. The summed E-state index contributed by atoms with van der Waals surface area (Å²) < 4.78 is 0. The van der Waals surface area contributed by atoms with E-state index in [2.05, 4.69) is 66.6 Å². The number of benzene rings is 2. The van der Waals surface area contributed by atoms with Crippen molar-refractivity contribution in [2.24, 2.45) is 5.92 Å². The number of fused-ring (bicyclic) bond motifs is 2. The summed E-state index contributed by atoms with van der Waals surface area (Å²) in [6.45, 7) is 4.06. The third-order valence-corrected chi connectivity index (χ3v) is 7.41. The molecule has 0 unspecified atom stereocenters. The van der Waals surface area contributed by atoms with Crippen molar-refractivity contribution in [2.45, 2.75) is 12.8 Å². The molecule has 1 aliphatic carbocycles. The number of likely N-dealkylation sites (N-methyl/N-ethyl adjacent to an activating group) is 1. The van der Waals surface area contributed by atoms with Gasteiger partial charge in [0.2, 0.25) is 5.91 Å². The Morgan fingerprint density at radius 3 is 2.70 bits per heavy atom. The zero-order valence-electron chi connectivity index (χ0n) is 20.7. The Morgan fingerprint density at radius 1 is 1.00 bits per heavy atom. The maximum Gasteiger partial charge on any atom is 0.227 e. The number of hydrogen-bond donors (Lipinski definition) is 3. The van der Waals surface area contributed by atoms with Crippen LogP contribution in [-0.2, 0) is 4.79 Å². The zero-order valence-corrected chi connectivity index (χ0v) is 20.7. The van der Waals surface area contributed by atoms with Crippen LogP contribution in [0.4, 0.5) is 11.4 Å². The number of anilines is 2. The van der Waals surface area contributed by atoms with Gasteiger partial charge < -0.3 is 20.1 Å². The first-order chi connectivity index (χ1) is 18.1. The van der Waals surface area contributed by atoms with Crippen LogP contribution in [0.5, 0.6) is 0 Å². The number of amides is 1. The summed E-state index contributed by atoms with van der Waals surface area (Å²) in [4.78, 5) is 29.9. The normalized spacial score (nSPS) is 16.5. The highest BCUT2D eigenvalue weighted by Gasteiger charge is 2.29. The summed E-state index contributed by atoms with van der Waals surface area (Å²) in [7, 11) is 2.16. The number of imidazole rings is 1. The fourth-order valence-corrected chi connectivity index (χ4v) is 5.06. The molecule has 4 heterocycles. The first-order valence-electron chi connectivity index (χ1n) is 12.8. The molecule has 3 aromatic heterocycles. The lowest BCUT2D eigenvalue weighted by Crippen LogP contribution is -2.44. The maximum atomic E-state index is 12.2. The zero-order chi connectivity index (χ0) is 24.9. The number of piperazine rings is 1. The smallest absolute Gasteiger partial charge is 0.227 e. The lowest BCUT2D eigenvalue weighted by molar-refractivity contribution is -0.117. The Balaban J connectivity index is 1.24. The van der Waals surface area contributed by atoms with E-state index in [4.69, 9.17) is 4.98 Å². The van der Waals surface area contributed by atoms with Crippen LogP contribution in [-0.4, -0.2) is 69.2 Å². The molecule has 9 nitrogen and oxygen atoms in total. The van der Waals surface area contributed by atoms with Gasteiger partial charge in [-0.05, 0) is 55.8 Å². The molecule has 1 saturated heterocycles. The van der Waals surface area contributed by atoms with Crippen molar-refractivity contribution in [1.82, 2.24) is 30.0 Å². The number of rotatable bonds is 5. The summed E-state index contributed by atoms with van der Waals surface area (Å²) in [5.74, 6) is 0.963. The second kappa shape index (κ2) is 8.70. The molecule has 0 atom stereocenters. The average Bonchev–Trinajstić information content (AvgIpc) is 3.55. The van der Waals surface area contributed by atoms with Crippen LogP contribution in [0.2, 0.25) is 0 Å². The van der Waals surface area contributed by atoms with E-state index in [-0.39, 0.29) is 11.8 Å². The number of nitrogens with zero attached hydrogens (tertiary/aromatic N) is 5. The molecule has 2 aromatic carbocycles. The van der Waals surface area contributed by atoms with Crippen LogP contribution in [0.1, 0.15) is 12.8 Å². The van der Waals surface area contributed by atoms with E-state index in [1.54, 1.807) is 6.20 Å². The van der Waals surface area contributed by atoms with E-state index in [0.29, 0.717) is 0 Å². The standard InChI is InChI=1S/C28H28N8O/c1-35-9-11-36(12-10-35)24-4-2-3-23-26(24)32-27(31-23)25-21-14-18(7-8-22(21)33-34-25)19-13-20(16-29-15-19)30-28(37)17-5-6-17/h2-4,7-8,13-17H,5-6,9-12H2,1H3,(H,30,37)(H,31,32)(H,33,34). The van der Waals surface area contributed by atoms with Crippen molar-refractivity contribution >= 4 is 39.2 Å². The monoisotopic (exact) mass is 492 g/mol. The average molecular weight is 493 g/mol. The molecule has 9 heteroatoms. The Labute approximate surface area is 213 Å². The predicted molar refractivity (Wildman–Crippen MR) is 145 cm³/mol. The van der Waals surface area contributed by atoms with Crippen LogP contribution < -0.4 is 10.2 Å². The molecule has 1 saturated carbocycles. The van der Waals surface area contributed by atoms with Crippen LogP contribution >= 0.6 is 0 Å². The molecule has 0 bridgehead atoms. The van der Waals surface area contributed by atoms with Crippen LogP contribution in [0, 0.1) is 5.92 Å². The molecular weight excluding hydrogens is 464 g/mol. The Bertz CT molecular complexity index is 1620. The van der Waals surface area contributed by atoms with Gasteiger partial charge in [0, 0.05) is 49.2 Å². The van der Waals surface area contributed by atoms with Gasteiger partial charge in [-0.15, -0.1) is 0 Å². The van der Waals surface area contributed by atoms with Crippen molar-refractivity contribution in [1.29, 1.82) is 0 Å². The lowest BCUT2D eigenvalue weighted by Gasteiger charge is -2.34. The number of aromatic amines is 2. The molecule has 1 aliphatic heterocycles. The number of hydrogen-bond acceptors (Lipinski definition) is 6. The minimum Gasteiger partial charge on any atom is -0.367 e. The molecule has 37 heavy (non-hydrogen) atoms. The minimum absolute atomic E-state index is 0.0763. The molecular formula is C28H28N8O. The van der Waals surface area contributed by atoms with Gasteiger partial charge in [-0.2, -0.15) is 5.10 Å². The van der Waals surface area contributed by atoms with Gasteiger partial charge in [0.1, 0.15) is 11.2 Å². The predicted octanol–water partition coefficient (Wildman–Crippen LogP) is 4.27. The second-order valence-corrected chi connectivity index (χ2v) is 10.1. The fourth-order valence-electron chi connectivity index (χ4n) is 5.06. The number of para-hydroxylation sites is 1. The van der Waals surface area contributed by atoms with E-state index >= 15 is 0 Å². The number of carbonyl (C=O) groups is 1. The van der Waals surface area contributed by atoms with Gasteiger partial charge in [-0.25, -0.2) is 4.98 Å². The second-order valence-electron chi connectivity index (χ2n) is 10.1. The lowest BCUT2D eigenvalue weighted by atomic mass is 10.0. The molecule has 2 aliphatic rings. The van der Waals surface area contributed by atoms with E-state index in [1.807, 2.05) is 24.4 Å². The van der Waals surface area contributed by atoms with E-state index in [9.17, 15) is 4.79 Å². The van der Waals surface area contributed by atoms with E-state index in [1.165, 1.54) is 0 Å². The first-order valence-corrected chi connectivity index (χ1v) is 12.8. The molecule has 1 amide bonds. The van der Waals surface area contributed by atoms with Crippen LogP contribution in [0.25, 0.3) is 44.6 Å². The van der Waals surface area contributed by atoms with Gasteiger partial charge in [-0.3, -0.25) is 14.9 Å². The first kappa shape index (κ1) is 22.0. The van der Waals surface area contributed by atoms with Crippen molar-refractivity contribution in [3.05, 3.63) is 54.9 Å². The van der Waals surface area contributed by atoms with Gasteiger partial charge >= 0.3 is 0 Å². The quantitative estimate of drug-likeness (QED) is 0.338. The van der Waals surface area contributed by atoms with Crippen LogP contribution in [0.3, 0.4) is 0 Å². The highest BCUT2D eigenvalue weighted by Crippen LogP contribution is 2.34. The van der Waals surface area contributed by atoms with Crippen molar-refractivity contribution in [3.8, 4) is 22.6 Å². The number of carbonyl (C=O) groups excluding carboxylic acids is 1. The van der Waals surface area contributed by atoms with E-state index < -0.39 is 0 Å². The highest BCUT2D eigenvalue weighted by atomic mass is 16.2. The molecule has 3 N–H and O–H groups in total. The van der Waals surface area contributed by atoms with E-state index in [0.717, 1.165) is 95.0 Å². The fraction of sp³-hybridized carbons (Fsp3) is 0.286. The summed E-state index contributed by atoms with van der Waals surface area (Å²) in [5, 5.41) is 11.7. The largest absolute Gasteiger partial charge is 0.367 e. The molecule has 7 rings (SSSR count). The number of aromatic nitrogens is 5. The van der Waals surface area contributed by atoms with Gasteiger partial charge in [0.15, 0.2) is 5.82 Å². The number of H-pyrrole nitrogens is 2. The Kier molecular flexibility index (Phi) is 5.17. The Hall–Kier alpha value is -4.24. The van der Waals surface area contributed by atoms with Crippen molar-refractivity contribution in [2.75, 3.05) is 43.4 Å². The van der Waals surface area contributed by atoms with Gasteiger partial charge in [0.05, 0.1) is 28.6 Å². The topological polar surface area (TPSA) is 106 Å². The molecule has 0 radical (unpaired) electrons. The SMILES string of the molecule is CN1CCN(c2cccc3[nH]c(-c4n[nH]c5ccc(-c6cncc(NC(=O)C7CC7)c6)cc45)nc23)CC1. The summed E-state index contributed by atoms with van der Waals surface area (Å²) in [5.41, 5.74) is 7.50. The molecule has 5 aromatic rings. The van der Waals surface area contributed by atoms with Crippen LogP contribution in [0.15, 0.2) is 54.9 Å². The Morgan fingerprint density at radius 2 is 1.86 bits per heavy atom. The maximum absolute atomic E-state index is 12.2. The van der Waals surface area contributed by atoms with Crippen molar-refractivity contribution in [3.63, 3.8) is 0 Å². The number of pyridine rings is 1. The number of nitrogens with one attached hydrogen (secondary N) is 3.